The monoisotopic (exact) mass is 219 g/mol. The summed E-state index contributed by atoms with van der Waals surface area (Å²) >= 11 is 0. The van der Waals surface area contributed by atoms with E-state index in [0.717, 1.165) is 32.7 Å². The Kier molecular flexibility index (Phi) is 11.8. The fourth-order valence-electron chi connectivity index (χ4n) is 1.04. The van der Waals surface area contributed by atoms with E-state index in [1.54, 1.807) is 7.11 Å². The first-order valence-electron chi connectivity index (χ1n) is 5.66. The van der Waals surface area contributed by atoms with Crippen molar-refractivity contribution in [3.8, 4) is 0 Å². The van der Waals surface area contributed by atoms with Crippen molar-refractivity contribution in [1.82, 2.24) is 5.32 Å². The molecule has 15 heavy (non-hydrogen) atoms. The molecule has 0 aliphatic heterocycles. The van der Waals surface area contributed by atoms with E-state index in [9.17, 15) is 0 Å². The zero-order valence-corrected chi connectivity index (χ0v) is 10.3. The summed E-state index contributed by atoms with van der Waals surface area (Å²) in [5.74, 6) is 0. The van der Waals surface area contributed by atoms with Gasteiger partial charge in [0.1, 0.15) is 0 Å². The average Bonchev–Trinajstić information content (AvgIpc) is 2.20. The molecule has 0 saturated carbocycles. The third-order valence-electron chi connectivity index (χ3n) is 1.80. The number of nitrogens with one attached hydrogen (secondary N) is 1. The molecule has 0 aliphatic rings. The van der Waals surface area contributed by atoms with E-state index < -0.39 is 0 Å². The first kappa shape index (κ1) is 14.8. The number of rotatable bonds is 11. The largest absolute Gasteiger partial charge is 0.382 e. The maximum Gasteiger partial charge on any atom is 0.0700 e. The summed E-state index contributed by atoms with van der Waals surface area (Å²) in [5, 5.41) is 3.30. The molecule has 92 valence electrons. The predicted octanol–water partition coefficient (Wildman–Crippen LogP) is 1.05. The van der Waals surface area contributed by atoms with Gasteiger partial charge in [-0.15, -0.1) is 0 Å². The van der Waals surface area contributed by atoms with Crippen LogP contribution in [0.3, 0.4) is 0 Å². The topological polar surface area (TPSA) is 39.7 Å². The highest BCUT2D eigenvalue weighted by molar-refractivity contribution is 4.47. The lowest BCUT2D eigenvalue weighted by Crippen LogP contribution is -2.23. The molecule has 1 N–H and O–H groups in total. The summed E-state index contributed by atoms with van der Waals surface area (Å²) in [6.45, 7) is 8.92. The maximum absolute atomic E-state index is 5.39. The molecule has 0 bridgehead atoms. The van der Waals surface area contributed by atoms with Gasteiger partial charge < -0.3 is 19.5 Å². The summed E-state index contributed by atoms with van der Waals surface area (Å²) in [5.41, 5.74) is 0. The fourth-order valence-corrected chi connectivity index (χ4v) is 1.04. The Morgan fingerprint density at radius 3 is 2.47 bits per heavy atom. The summed E-state index contributed by atoms with van der Waals surface area (Å²) in [7, 11) is 1.68. The summed E-state index contributed by atoms with van der Waals surface area (Å²) in [4.78, 5) is 0. The molecular weight excluding hydrogens is 194 g/mol. The lowest BCUT2D eigenvalue weighted by atomic mass is 10.4. The Hall–Kier alpha value is -0.160. The summed E-state index contributed by atoms with van der Waals surface area (Å²) in [6, 6.07) is 0. The molecule has 0 atom stereocenters. The van der Waals surface area contributed by atoms with E-state index in [1.165, 1.54) is 0 Å². The van der Waals surface area contributed by atoms with Gasteiger partial charge in [-0.05, 0) is 26.8 Å². The molecule has 0 aromatic carbocycles. The normalized spacial score (nSPS) is 11.2. The molecule has 0 rings (SSSR count). The van der Waals surface area contributed by atoms with Crippen LogP contribution in [0, 0.1) is 0 Å². The molecule has 0 spiro atoms. The molecule has 0 heterocycles. The Morgan fingerprint density at radius 2 is 1.80 bits per heavy atom. The SMILES string of the molecule is COCCOCCCNCCOC(C)C. The van der Waals surface area contributed by atoms with Gasteiger partial charge in [0.2, 0.25) is 0 Å². The van der Waals surface area contributed by atoms with E-state index in [-0.39, 0.29) is 0 Å². The van der Waals surface area contributed by atoms with Gasteiger partial charge in [-0.3, -0.25) is 0 Å². The van der Waals surface area contributed by atoms with Gasteiger partial charge in [0.15, 0.2) is 0 Å². The lowest BCUT2D eigenvalue weighted by Gasteiger charge is -2.08. The number of hydrogen-bond donors (Lipinski definition) is 1. The first-order valence-corrected chi connectivity index (χ1v) is 5.66. The van der Waals surface area contributed by atoms with Gasteiger partial charge in [0.25, 0.3) is 0 Å². The van der Waals surface area contributed by atoms with Crippen LogP contribution in [-0.2, 0) is 14.2 Å². The predicted molar refractivity (Wildman–Crippen MR) is 61.3 cm³/mol. The van der Waals surface area contributed by atoms with Crippen LogP contribution in [0.4, 0.5) is 0 Å². The quantitative estimate of drug-likeness (QED) is 0.527. The van der Waals surface area contributed by atoms with E-state index >= 15 is 0 Å². The van der Waals surface area contributed by atoms with Crippen LogP contribution in [0.2, 0.25) is 0 Å². The molecule has 0 aromatic rings. The molecule has 4 heteroatoms. The van der Waals surface area contributed by atoms with Gasteiger partial charge in [0.05, 0.1) is 25.9 Å². The van der Waals surface area contributed by atoms with Crippen molar-refractivity contribution in [2.45, 2.75) is 26.4 Å². The van der Waals surface area contributed by atoms with Crippen molar-refractivity contribution in [2.24, 2.45) is 0 Å². The minimum absolute atomic E-state index is 0.323. The maximum atomic E-state index is 5.39. The van der Waals surface area contributed by atoms with Gasteiger partial charge in [-0.1, -0.05) is 0 Å². The second kappa shape index (κ2) is 11.9. The average molecular weight is 219 g/mol. The Bertz CT molecular complexity index is 120. The van der Waals surface area contributed by atoms with Crippen LogP contribution in [0.5, 0.6) is 0 Å². The van der Waals surface area contributed by atoms with Crippen molar-refractivity contribution in [2.75, 3.05) is 46.6 Å². The fraction of sp³-hybridized carbons (Fsp3) is 1.00. The molecule has 0 radical (unpaired) electrons. The molecular formula is C11H25NO3. The first-order chi connectivity index (χ1) is 7.27. The van der Waals surface area contributed by atoms with Gasteiger partial charge in [0, 0.05) is 20.3 Å². The third kappa shape index (κ3) is 13.8. The van der Waals surface area contributed by atoms with Crippen LogP contribution in [0.1, 0.15) is 20.3 Å². The van der Waals surface area contributed by atoms with Crippen molar-refractivity contribution >= 4 is 0 Å². The second-order valence-electron chi connectivity index (χ2n) is 3.63. The zero-order chi connectivity index (χ0) is 11.4. The zero-order valence-electron chi connectivity index (χ0n) is 10.3. The van der Waals surface area contributed by atoms with Crippen LogP contribution >= 0.6 is 0 Å². The molecule has 0 unspecified atom stereocenters. The number of methoxy groups -OCH3 is 1. The van der Waals surface area contributed by atoms with Gasteiger partial charge in [-0.2, -0.15) is 0 Å². The van der Waals surface area contributed by atoms with E-state index in [1.807, 2.05) is 13.8 Å². The van der Waals surface area contributed by atoms with Crippen molar-refractivity contribution in [3.05, 3.63) is 0 Å². The Labute approximate surface area is 93.3 Å². The highest BCUT2D eigenvalue weighted by atomic mass is 16.5. The van der Waals surface area contributed by atoms with Crippen molar-refractivity contribution in [3.63, 3.8) is 0 Å². The minimum atomic E-state index is 0.323. The van der Waals surface area contributed by atoms with Crippen LogP contribution < -0.4 is 5.32 Å². The molecule has 0 aliphatic carbocycles. The third-order valence-corrected chi connectivity index (χ3v) is 1.80. The van der Waals surface area contributed by atoms with E-state index in [2.05, 4.69) is 5.32 Å². The molecule has 4 nitrogen and oxygen atoms in total. The van der Waals surface area contributed by atoms with Crippen molar-refractivity contribution in [1.29, 1.82) is 0 Å². The van der Waals surface area contributed by atoms with Crippen LogP contribution in [0.25, 0.3) is 0 Å². The highest BCUT2D eigenvalue weighted by Gasteiger charge is 1.92. The van der Waals surface area contributed by atoms with Crippen LogP contribution in [-0.4, -0.2) is 52.7 Å². The molecule has 0 amide bonds. The van der Waals surface area contributed by atoms with Gasteiger partial charge in [-0.25, -0.2) is 0 Å². The molecule has 0 saturated heterocycles. The smallest absolute Gasteiger partial charge is 0.0700 e. The Morgan fingerprint density at radius 1 is 1.00 bits per heavy atom. The molecule has 0 aromatic heterocycles. The van der Waals surface area contributed by atoms with E-state index in [4.69, 9.17) is 14.2 Å². The van der Waals surface area contributed by atoms with Gasteiger partial charge >= 0.3 is 0 Å². The van der Waals surface area contributed by atoms with Crippen molar-refractivity contribution < 1.29 is 14.2 Å². The highest BCUT2D eigenvalue weighted by Crippen LogP contribution is 1.85. The summed E-state index contributed by atoms with van der Waals surface area (Å²) in [6.07, 6.45) is 1.36. The summed E-state index contributed by atoms with van der Waals surface area (Å²) < 4.78 is 15.6. The second-order valence-corrected chi connectivity index (χ2v) is 3.63. The molecule has 0 fully saturated rings. The number of ether oxygens (including phenoxy) is 3. The Balaban J connectivity index is 2.87. The van der Waals surface area contributed by atoms with E-state index in [0.29, 0.717) is 19.3 Å². The number of hydrogen-bond acceptors (Lipinski definition) is 4. The minimum Gasteiger partial charge on any atom is -0.382 e. The standard InChI is InChI=1S/C11H25NO3/c1-11(2)15-8-6-12-5-4-7-14-10-9-13-3/h11-12H,4-10H2,1-3H3. The van der Waals surface area contributed by atoms with Crippen LogP contribution in [0.15, 0.2) is 0 Å². The lowest BCUT2D eigenvalue weighted by molar-refractivity contribution is 0.0674.